The molecule has 0 bridgehead atoms. The van der Waals surface area contributed by atoms with Gasteiger partial charge in [-0.2, -0.15) is 0 Å². The number of carbonyl (C=O) groups is 1. The number of nitrogens with zero attached hydrogens (tertiary/aromatic N) is 1. The molecule has 0 unspecified atom stereocenters. The first-order valence-corrected chi connectivity index (χ1v) is 6.48. The molecule has 0 amide bonds. The van der Waals surface area contributed by atoms with E-state index in [2.05, 4.69) is 4.98 Å². The molecule has 20 heavy (non-hydrogen) atoms. The zero-order valence-electron chi connectivity index (χ0n) is 11.6. The standard InChI is InChI=1S/C16H17NO3/c1-12(2)20-15-8-13(9-17-10-15)16(18)11-19-14-6-4-3-5-7-14/h3-10,12H,11H2,1-2H3. The Hall–Kier alpha value is -2.36. The van der Waals surface area contributed by atoms with Gasteiger partial charge in [0.25, 0.3) is 0 Å². The van der Waals surface area contributed by atoms with Crippen molar-refractivity contribution in [1.29, 1.82) is 0 Å². The van der Waals surface area contributed by atoms with Gasteiger partial charge in [-0.25, -0.2) is 0 Å². The molecule has 0 fully saturated rings. The van der Waals surface area contributed by atoms with Gasteiger partial charge < -0.3 is 9.47 Å². The van der Waals surface area contributed by atoms with Crippen molar-refractivity contribution in [3.63, 3.8) is 0 Å². The number of hydrogen-bond donors (Lipinski definition) is 0. The van der Waals surface area contributed by atoms with Crippen LogP contribution in [-0.4, -0.2) is 23.5 Å². The number of benzene rings is 1. The molecule has 2 rings (SSSR count). The minimum Gasteiger partial charge on any atom is -0.489 e. The Morgan fingerprint density at radius 1 is 1.15 bits per heavy atom. The minimum absolute atomic E-state index is 0.0170. The van der Waals surface area contributed by atoms with Crippen LogP contribution in [0.15, 0.2) is 48.8 Å². The predicted molar refractivity (Wildman–Crippen MR) is 76.3 cm³/mol. The summed E-state index contributed by atoms with van der Waals surface area (Å²) in [5.74, 6) is 1.13. The van der Waals surface area contributed by atoms with Crippen molar-refractivity contribution in [3.05, 3.63) is 54.4 Å². The van der Waals surface area contributed by atoms with E-state index in [1.807, 2.05) is 44.2 Å². The normalized spacial score (nSPS) is 10.3. The summed E-state index contributed by atoms with van der Waals surface area (Å²) in [6.07, 6.45) is 3.15. The summed E-state index contributed by atoms with van der Waals surface area (Å²) in [6, 6.07) is 10.9. The third-order valence-corrected chi connectivity index (χ3v) is 2.52. The van der Waals surface area contributed by atoms with Crippen LogP contribution >= 0.6 is 0 Å². The Morgan fingerprint density at radius 3 is 2.60 bits per heavy atom. The largest absolute Gasteiger partial charge is 0.489 e. The third kappa shape index (κ3) is 4.09. The predicted octanol–water partition coefficient (Wildman–Crippen LogP) is 3.13. The van der Waals surface area contributed by atoms with Crippen LogP contribution < -0.4 is 9.47 Å². The van der Waals surface area contributed by atoms with E-state index in [4.69, 9.17) is 9.47 Å². The van der Waals surface area contributed by atoms with Crippen molar-refractivity contribution in [2.24, 2.45) is 0 Å². The highest BCUT2D eigenvalue weighted by atomic mass is 16.5. The molecular weight excluding hydrogens is 254 g/mol. The van der Waals surface area contributed by atoms with Crippen LogP contribution in [0, 0.1) is 0 Å². The maximum atomic E-state index is 12.0. The highest BCUT2D eigenvalue weighted by Gasteiger charge is 2.09. The summed E-state index contributed by atoms with van der Waals surface area (Å²) >= 11 is 0. The molecule has 0 radical (unpaired) electrons. The molecule has 0 saturated heterocycles. The van der Waals surface area contributed by atoms with Gasteiger partial charge in [-0.3, -0.25) is 9.78 Å². The lowest BCUT2D eigenvalue weighted by Gasteiger charge is -2.10. The van der Waals surface area contributed by atoms with Crippen molar-refractivity contribution < 1.29 is 14.3 Å². The SMILES string of the molecule is CC(C)Oc1cncc(C(=O)COc2ccccc2)c1. The Balaban J connectivity index is 1.98. The van der Waals surface area contributed by atoms with E-state index in [1.54, 1.807) is 12.3 Å². The van der Waals surface area contributed by atoms with Gasteiger partial charge in [0.05, 0.1) is 12.3 Å². The van der Waals surface area contributed by atoms with Crippen LogP contribution in [0.3, 0.4) is 0 Å². The molecule has 4 nitrogen and oxygen atoms in total. The van der Waals surface area contributed by atoms with Gasteiger partial charge in [-0.1, -0.05) is 18.2 Å². The van der Waals surface area contributed by atoms with Crippen LogP contribution in [0.1, 0.15) is 24.2 Å². The first-order chi connectivity index (χ1) is 9.65. The number of Topliss-reactive ketones (excluding diaryl/α,β-unsaturated/α-hetero) is 1. The Kier molecular flexibility index (Phi) is 4.71. The van der Waals surface area contributed by atoms with E-state index in [0.717, 1.165) is 0 Å². The fourth-order valence-corrected chi connectivity index (χ4v) is 1.66. The Morgan fingerprint density at radius 2 is 1.90 bits per heavy atom. The maximum Gasteiger partial charge on any atom is 0.201 e. The topological polar surface area (TPSA) is 48.4 Å². The van der Waals surface area contributed by atoms with E-state index < -0.39 is 0 Å². The summed E-state index contributed by atoms with van der Waals surface area (Å²) in [7, 11) is 0. The van der Waals surface area contributed by atoms with Gasteiger partial charge in [0.1, 0.15) is 11.5 Å². The van der Waals surface area contributed by atoms with Crippen LogP contribution in [0.25, 0.3) is 0 Å². The van der Waals surface area contributed by atoms with Gasteiger partial charge in [0.15, 0.2) is 6.61 Å². The van der Waals surface area contributed by atoms with Crippen LogP contribution in [0.2, 0.25) is 0 Å². The van der Waals surface area contributed by atoms with Crippen molar-refractivity contribution in [3.8, 4) is 11.5 Å². The van der Waals surface area contributed by atoms with Gasteiger partial charge in [0.2, 0.25) is 5.78 Å². The molecule has 1 aromatic carbocycles. The van der Waals surface area contributed by atoms with Crippen molar-refractivity contribution in [2.75, 3.05) is 6.61 Å². The monoisotopic (exact) mass is 271 g/mol. The molecule has 0 spiro atoms. The lowest BCUT2D eigenvalue weighted by Crippen LogP contribution is -2.13. The third-order valence-electron chi connectivity index (χ3n) is 2.52. The van der Waals surface area contributed by atoms with Gasteiger partial charge in [-0.05, 0) is 32.0 Å². The smallest absolute Gasteiger partial charge is 0.201 e. The molecule has 0 aliphatic rings. The lowest BCUT2D eigenvalue weighted by molar-refractivity contribution is 0.0920. The number of aromatic nitrogens is 1. The molecule has 0 atom stereocenters. The number of ether oxygens (including phenoxy) is 2. The number of carbonyl (C=O) groups excluding carboxylic acids is 1. The maximum absolute atomic E-state index is 12.0. The summed E-state index contributed by atoms with van der Waals surface area (Å²) in [5.41, 5.74) is 0.485. The average molecular weight is 271 g/mol. The minimum atomic E-state index is -0.129. The molecule has 1 heterocycles. The van der Waals surface area contributed by atoms with Crippen molar-refractivity contribution >= 4 is 5.78 Å². The van der Waals surface area contributed by atoms with Crippen molar-refractivity contribution in [2.45, 2.75) is 20.0 Å². The second-order valence-electron chi connectivity index (χ2n) is 4.60. The zero-order valence-corrected chi connectivity index (χ0v) is 11.6. The first-order valence-electron chi connectivity index (χ1n) is 6.48. The Labute approximate surface area is 118 Å². The summed E-state index contributed by atoms with van der Waals surface area (Å²) in [5, 5.41) is 0. The van der Waals surface area contributed by atoms with E-state index in [0.29, 0.717) is 17.1 Å². The highest BCUT2D eigenvalue weighted by Crippen LogP contribution is 2.14. The highest BCUT2D eigenvalue weighted by molar-refractivity contribution is 5.97. The summed E-state index contributed by atoms with van der Waals surface area (Å²) in [6.45, 7) is 3.83. The number of rotatable bonds is 6. The van der Waals surface area contributed by atoms with E-state index >= 15 is 0 Å². The second kappa shape index (κ2) is 6.70. The average Bonchev–Trinajstić information content (AvgIpc) is 2.45. The molecule has 0 N–H and O–H groups in total. The van der Waals surface area contributed by atoms with Crippen molar-refractivity contribution in [1.82, 2.24) is 4.98 Å². The van der Waals surface area contributed by atoms with E-state index in [-0.39, 0.29) is 18.5 Å². The molecule has 0 saturated carbocycles. The quantitative estimate of drug-likeness (QED) is 0.757. The Bertz CT molecular complexity index is 567. The summed E-state index contributed by atoms with van der Waals surface area (Å²) in [4.78, 5) is 16.0. The molecule has 2 aromatic rings. The van der Waals surface area contributed by atoms with Gasteiger partial charge in [0, 0.05) is 11.8 Å². The van der Waals surface area contributed by atoms with E-state index in [9.17, 15) is 4.79 Å². The van der Waals surface area contributed by atoms with Crippen LogP contribution in [0.5, 0.6) is 11.5 Å². The number of hydrogen-bond acceptors (Lipinski definition) is 4. The molecule has 0 aliphatic heterocycles. The summed E-state index contributed by atoms with van der Waals surface area (Å²) < 4.78 is 10.9. The number of pyridine rings is 1. The fraction of sp³-hybridized carbons (Fsp3) is 0.250. The molecule has 0 aliphatic carbocycles. The van der Waals surface area contributed by atoms with Crippen LogP contribution in [-0.2, 0) is 0 Å². The van der Waals surface area contributed by atoms with Gasteiger partial charge in [-0.15, -0.1) is 0 Å². The molecule has 104 valence electrons. The molecular formula is C16H17NO3. The van der Waals surface area contributed by atoms with Crippen LogP contribution in [0.4, 0.5) is 0 Å². The number of ketones is 1. The lowest BCUT2D eigenvalue weighted by atomic mass is 10.2. The molecule has 4 heteroatoms. The fourth-order valence-electron chi connectivity index (χ4n) is 1.66. The first kappa shape index (κ1) is 14.1. The zero-order chi connectivity index (χ0) is 14.4. The number of para-hydroxylation sites is 1. The molecule has 1 aromatic heterocycles. The van der Waals surface area contributed by atoms with E-state index in [1.165, 1.54) is 6.20 Å². The van der Waals surface area contributed by atoms with Gasteiger partial charge >= 0.3 is 0 Å². The second-order valence-corrected chi connectivity index (χ2v) is 4.60.